The second-order valence-corrected chi connectivity index (χ2v) is 6.28. The van der Waals surface area contributed by atoms with Gasteiger partial charge in [0.15, 0.2) is 0 Å². The average molecular weight is 372 g/mol. The molecule has 2 aromatic rings. The van der Waals surface area contributed by atoms with E-state index in [1.54, 1.807) is 0 Å². The number of hydrogen-bond donors (Lipinski definition) is 2. The van der Waals surface area contributed by atoms with Crippen molar-refractivity contribution in [3.05, 3.63) is 52.7 Å². The Morgan fingerprint density at radius 2 is 1.96 bits per heavy atom. The van der Waals surface area contributed by atoms with Crippen molar-refractivity contribution in [2.75, 3.05) is 17.2 Å². The number of alkyl halides is 3. The largest absolute Gasteiger partial charge is 0.418 e. The molecule has 0 aliphatic carbocycles. The molecule has 2 N–H and O–H groups in total. The molecule has 0 aliphatic rings. The van der Waals surface area contributed by atoms with Crippen molar-refractivity contribution in [2.24, 2.45) is 5.92 Å². The number of anilines is 2. The molecule has 0 radical (unpaired) electrons. The molecule has 1 heterocycles. The van der Waals surface area contributed by atoms with Crippen LogP contribution in [-0.4, -0.2) is 17.4 Å². The number of benzene rings is 1. The van der Waals surface area contributed by atoms with Crippen molar-refractivity contribution >= 4 is 29.0 Å². The van der Waals surface area contributed by atoms with Gasteiger partial charge in [0.1, 0.15) is 5.82 Å². The van der Waals surface area contributed by atoms with Crippen molar-refractivity contribution in [3.8, 4) is 0 Å². The molecule has 4 nitrogen and oxygen atoms in total. The summed E-state index contributed by atoms with van der Waals surface area (Å²) in [6.45, 7) is 4.69. The molecule has 0 bridgehead atoms. The number of rotatable bonds is 5. The highest BCUT2D eigenvalue weighted by molar-refractivity contribution is 6.30. The summed E-state index contributed by atoms with van der Waals surface area (Å²) in [7, 11) is 0. The topological polar surface area (TPSA) is 54.0 Å². The highest BCUT2D eigenvalue weighted by Crippen LogP contribution is 2.36. The van der Waals surface area contributed by atoms with Crippen LogP contribution in [0.3, 0.4) is 0 Å². The molecule has 0 fully saturated rings. The summed E-state index contributed by atoms with van der Waals surface area (Å²) < 4.78 is 39.3. The fraction of sp³-hybridized carbons (Fsp3) is 0.294. The summed E-state index contributed by atoms with van der Waals surface area (Å²) in [5.41, 5.74) is -1.15. The van der Waals surface area contributed by atoms with Gasteiger partial charge in [-0.15, -0.1) is 0 Å². The number of nitrogens with one attached hydrogen (secondary N) is 2. The third-order valence-electron chi connectivity index (χ3n) is 3.25. The van der Waals surface area contributed by atoms with Gasteiger partial charge in [-0.25, -0.2) is 4.98 Å². The minimum atomic E-state index is -4.63. The molecule has 0 atom stereocenters. The lowest BCUT2D eigenvalue weighted by Crippen LogP contribution is -2.17. The zero-order valence-corrected chi connectivity index (χ0v) is 14.4. The Kier molecular flexibility index (Phi) is 5.89. The molecule has 2 rings (SSSR count). The van der Waals surface area contributed by atoms with E-state index in [0.717, 1.165) is 12.1 Å². The summed E-state index contributed by atoms with van der Waals surface area (Å²) in [5.74, 6) is 0.194. The van der Waals surface area contributed by atoms with Gasteiger partial charge in [0.05, 0.1) is 11.3 Å². The summed E-state index contributed by atoms with van der Waals surface area (Å²) >= 11 is 5.63. The third kappa shape index (κ3) is 5.35. The van der Waals surface area contributed by atoms with E-state index in [1.807, 2.05) is 13.8 Å². The van der Waals surface area contributed by atoms with Gasteiger partial charge >= 0.3 is 6.18 Å². The fourth-order valence-electron chi connectivity index (χ4n) is 2.03. The van der Waals surface area contributed by atoms with E-state index < -0.39 is 17.6 Å². The molecule has 0 unspecified atom stereocenters. The summed E-state index contributed by atoms with van der Waals surface area (Å²) in [5, 5.41) is 5.28. The van der Waals surface area contributed by atoms with Gasteiger partial charge < -0.3 is 10.6 Å². The molecule has 0 saturated heterocycles. The normalized spacial score (nSPS) is 11.5. The van der Waals surface area contributed by atoms with Crippen LogP contribution in [0.25, 0.3) is 0 Å². The molecular formula is C17H17ClF3N3O. The Balaban J connectivity index is 2.22. The zero-order chi connectivity index (χ0) is 18.6. The highest BCUT2D eigenvalue weighted by Gasteiger charge is 2.34. The zero-order valence-electron chi connectivity index (χ0n) is 13.6. The third-order valence-corrected chi connectivity index (χ3v) is 3.48. The number of hydrogen-bond acceptors (Lipinski definition) is 3. The quantitative estimate of drug-likeness (QED) is 0.771. The van der Waals surface area contributed by atoms with E-state index in [1.165, 1.54) is 24.4 Å². The van der Waals surface area contributed by atoms with Crippen LogP contribution in [0.15, 0.2) is 36.5 Å². The lowest BCUT2D eigenvalue weighted by Gasteiger charge is -2.14. The van der Waals surface area contributed by atoms with E-state index in [2.05, 4.69) is 15.6 Å². The van der Waals surface area contributed by atoms with E-state index in [4.69, 9.17) is 11.6 Å². The van der Waals surface area contributed by atoms with E-state index in [-0.39, 0.29) is 16.3 Å². The molecule has 25 heavy (non-hydrogen) atoms. The van der Waals surface area contributed by atoms with Crippen LogP contribution in [0.2, 0.25) is 5.02 Å². The van der Waals surface area contributed by atoms with Crippen LogP contribution in [-0.2, 0) is 6.18 Å². The maximum atomic E-state index is 13.1. The Morgan fingerprint density at radius 1 is 1.24 bits per heavy atom. The van der Waals surface area contributed by atoms with Crippen LogP contribution in [0.4, 0.5) is 24.7 Å². The summed E-state index contributed by atoms with van der Waals surface area (Å²) in [6, 6.07) is 6.11. The minimum Gasteiger partial charge on any atom is -0.370 e. The number of nitrogens with zero attached hydrogens (tertiary/aromatic N) is 1. The van der Waals surface area contributed by atoms with E-state index in [0.29, 0.717) is 18.3 Å². The van der Waals surface area contributed by atoms with Gasteiger partial charge in [0, 0.05) is 23.3 Å². The lowest BCUT2D eigenvalue weighted by molar-refractivity contribution is -0.136. The molecular weight excluding hydrogens is 355 g/mol. The first-order valence-corrected chi connectivity index (χ1v) is 7.92. The maximum absolute atomic E-state index is 13.1. The molecule has 1 amide bonds. The second kappa shape index (κ2) is 7.74. The summed E-state index contributed by atoms with van der Waals surface area (Å²) in [6.07, 6.45) is -3.21. The van der Waals surface area contributed by atoms with Crippen molar-refractivity contribution in [1.82, 2.24) is 4.98 Å². The van der Waals surface area contributed by atoms with Crippen LogP contribution in [0, 0.1) is 5.92 Å². The van der Waals surface area contributed by atoms with Gasteiger partial charge in [-0.05, 0) is 36.2 Å². The predicted octanol–water partition coefficient (Wildman–Crippen LogP) is 5.07. The van der Waals surface area contributed by atoms with Crippen LogP contribution < -0.4 is 10.6 Å². The average Bonchev–Trinajstić information content (AvgIpc) is 2.54. The Labute approximate surface area is 148 Å². The maximum Gasteiger partial charge on any atom is 0.418 e. The number of pyridine rings is 1. The number of halogens is 4. The summed E-state index contributed by atoms with van der Waals surface area (Å²) in [4.78, 5) is 16.4. The van der Waals surface area contributed by atoms with Crippen molar-refractivity contribution in [1.29, 1.82) is 0 Å². The first-order chi connectivity index (χ1) is 11.7. The molecule has 8 heteroatoms. The smallest absolute Gasteiger partial charge is 0.370 e. The van der Waals surface area contributed by atoms with Gasteiger partial charge in [0.25, 0.3) is 5.91 Å². The van der Waals surface area contributed by atoms with Crippen molar-refractivity contribution in [2.45, 2.75) is 20.0 Å². The molecule has 0 saturated carbocycles. The molecule has 0 spiro atoms. The second-order valence-electron chi connectivity index (χ2n) is 5.85. The molecule has 1 aromatic heterocycles. The van der Waals surface area contributed by atoms with Gasteiger partial charge in [-0.3, -0.25) is 4.79 Å². The van der Waals surface area contributed by atoms with Gasteiger partial charge in [-0.2, -0.15) is 13.2 Å². The Morgan fingerprint density at radius 3 is 2.60 bits per heavy atom. The first-order valence-electron chi connectivity index (χ1n) is 7.55. The highest BCUT2D eigenvalue weighted by atomic mass is 35.5. The first kappa shape index (κ1) is 19.1. The lowest BCUT2D eigenvalue weighted by atomic mass is 10.1. The van der Waals surface area contributed by atoms with E-state index >= 15 is 0 Å². The minimum absolute atomic E-state index is 0.0607. The number of aromatic nitrogens is 1. The number of carbonyl (C=O) groups excluding carboxylic acids is 1. The van der Waals surface area contributed by atoms with Crippen LogP contribution in [0.1, 0.15) is 29.8 Å². The van der Waals surface area contributed by atoms with E-state index in [9.17, 15) is 18.0 Å². The molecule has 134 valence electrons. The monoisotopic (exact) mass is 371 g/mol. The predicted molar refractivity (Wildman–Crippen MR) is 92.0 cm³/mol. The SMILES string of the molecule is CC(C)CNc1cc(C(=O)Nc2ccc(Cl)cc2C(F)(F)F)ccn1. The molecule has 1 aromatic carbocycles. The number of amides is 1. The fourth-order valence-corrected chi connectivity index (χ4v) is 2.20. The van der Waals surface area contributed by atoms with Crippen LogP contribution >= 0.6 is 11.6 Å². The standard InChI is InChI=1S/C17H17ClF3N3O/c1-10(2)9-23-15-7-11(5-6-22-15)16(25)24-14-4-3-12(18)8-13(14)17(19,20)21/h3-8,10H,9H2,1-2H3,(H,22,23)(H,24,25). The Bertz CT molecular complexity index is 763. The van der Waals surface area contributed by atoms with Gasteiger partial charge in [0.2, 0.25) is 0 Å². The molecule has 0 aliphatic heterocycles. The van der Waals surface area contributed by atoms with Crippen molar-refractivity contribution in [3.63, 3.8) is 0 Å². The number of carbonyl (C=O) groups is 1. The van der Waals surface area contributed by atoms with Crippen molar-refractivity contribution < 1.29 is 18.0 Å². The van der Waals surface area contributed by atoms with Crippen LogP contribution in [0.5, 0.6) is 0 Å². The van der Waals surface area contributed by atoms with Gasteiger partial charge in [-0.1, -0.05) is 25.4 Å². The Hall–Kier alpha value is -2.28.